The van der Waals surface area contributed by atoms with E-state index in [1.165, 1.54) is 0 Å². The van der Waals surface area contributed by atoms with Crippen molar-refractivity contribution in [2.24, 2.45) is 0 Å². The molecule has 40 valence electrons. The third-order valence-corrected chi connectivity index (χ3v) is 0. The Kier molecular flexibility index (Phi) is 750. The SMILES string of the molecule is [Cl-].[Cl-].[Cl-].[Cl-].[Cl-].[Hf+4]. The van der Waals surface area contributed by atoms with E-state index in [9.17, 15) is 0 Å². The molecule has 0 aliphatic carbocycles. The molecule has 0 aromatic carbocycles. The Morgan fingerprint density at radius 2 is 0.333 bits per heavy atom. The van der Waals surface area contributed by atoms with E-state index < -0.39 is 0 Å². The second kappa shape index (κ2) is 54.3. The van der Waals surface area contributed by atoms with Crippen LogP contribution in [0.5, 0.6) is 0 Å². The summed E-state index contributed by atoms with van der Waals surface area (Å²) < 4.78 is 0. The van der Waals surface area contributed by atoms with Gasteiger partial charge in [-0.1, -0.05) is 0 Å². The second-order valence-electron chi connectivity index (χ2n) is 0. The Balaban J connectivity index is 0. The Hall–Kier alpha value is 2.32. The van der Waals surface area contributed by atoms with Crippen LogP contribution in [0.15, 0.2) is 0 Å². The molecule has 0 spiro atoms. The summed E-state index contributed by atoms with van der Waals surface area (Å²) >= 11 is 0. The third-order valence-electron chi connectivity index (χ3n) is 0. The Morgan fingerprint density at radius 3 is 0.333 bits per heavy atom. The summed E-state index contributed by atoms with van der Waals surface area (Å²) in [4.78, 5) is 0. The van der Waals surface area contributed by atoms with Crippen LogP contribution in [0, 0.1) is 0 Å². The number of halogens is 5. The second-order valence-corrected chi connectivity index (χ2v) is 0. The van der Waals surface area contributed by atoms with Gasteiger partial charge in [-0.2, -0.15) is 0 Å². The van der Waals surface area contributed by atoms with Crippen LogP contribution >= 0.6 is 0 Å². The summed E-state index contributed by atoms with van der Waals surface area (Å²) in [6.45, 7) is 0. The molecule has 0 rings (SSSR count). The van der Waals surface area contributed by atoms with Crippen molar-refractivity contribution in [3.8, 4) is 0 Å². The van der Waals surface area contributed by atoms with Gasteiger partial charge >= 0.3 is 25.8 Å². The van der Waals surface area contributed by atoms with Gasteiger partial charge in [0.05, 0.1) is 0 Å². The summed E-state index contributed by atoms with van der Waals surface area (Å²) in [7, 11) is 0. The molecule has 0 unspecified atom stereocenters. The normalized spacial score (nSPS) is 0. The van der Waals surface area contributed by atoms with Gasteiger partial charge in [0.2, 0.25) is 0 Å². The third kappa shape index (κ3) is 33.2. The number of hydrogen-bond donors (Lipinski definition) is 0. The van der Waals surface area contributed by atoms with Crippen molar-refractivity contribution < 1.29 is 87.9 Å². The minimum atomic E-state index is 0. The molecule has 0 heterocycles. The van der Waals surface area contributed by atoms with Crippen molar-refractivity contribution in [2.75, 3.05) is 0 Å². The van der Waals surface area contributed by atoms with Crippen molar-refractivity contribution in [3.63, 3.8) is 0 Å². The summed E-state index contributed by atoms with van der Waals surface area (Å²) in [6.07, 6.45) is 0. The predicted octanol–water partition coefficient (Wildman–Crippen LogP) is -15.0. The number of hydrogen-bond acceptors (Lipinski definition) is 0. The van der Waals surface area contributed by atoms with Crippen LogP contribution < -0.4 is 62.0 Å². The van der Waals surface area contributed by atoms with E-state index in [-0.39, 0.29) is 87.9 Å². The smallest absolute Gasteiger partial charge is 1.00 e. The molecule has 0 fully saturated rings. The van der Waals surface area contributed by atoms with Gasteiger partial charge in [0.25, 0.3) is 0 Å². The minimum Gasteiger partial charge on any atom is -1.00 e. The van der Waals surface area contributed by atoms with Crippen molar-refractivity contribution in [1.82, 2.24) is 0 Å². The summed E-state index contributed by atoms with van der Waals surface area (Å²) in [5.41, 5.74) is 0. The molecule has 0 atom stereocenters. The van der Waals surface area contributed by atoms with Gasteiger partial charge in [0.15, 0.2) is 0 Å². The van der Waals surface area contributed by atoms with Gasteiger partial charge in [0, 0.05) is 0 Å². The molecule has 0 radical (unpaired) electrons. The van der Waals surface area contributed by atoms with E-state index in [0.29, 0.717) is 0 Å². The summed E-state index contributed by atoms with van der Waals surface area (Å²) in [5.74, 6) is 0. The van der Waals surface area contributed by atoms with Gasteiger partial charge in [-0.15, -0.1) is 0 Å². The van der Waals surface area contributed by atoms with Crippen LogP contribution in [0.2, 0.25) is 0 Å². The van der Waals surface area contributed by atoms with Crippen LogP contribution in [0.25, 0.3) is 0 Å². The quantitative estimate of drug-likeness (QED) is 0.379. The molecule has 0 aliphatic rings. The van der Waals surface area contributed by atoms with E-state index in [1.807, 2.05) is 0 Å². The molecule has 0 N–H and O–H groups in total. The molecule has 6 heteroatoms. The fourth-order valence-electron chi connectivity index (χ4n) is 0. The molecule has 6 heavy (non-hydrogen) atoms. The van der Waals surface area contributed by atoms with Crippen molar-refractivity contribution in [2.45, 2.75) is 0 Å². The molecule has 0 aromatic heterocycles. The van der Waals surface area contributed by atoms with Crippen molar-refractivity contribution in [1.29, 1.82) is 0 Å². The number of rotatable bonds is 0. The van der Waals surface area contributed by atoms with E-state index in [4.69, 9.17) is 0 Å². The van der Waals surface area contributed by atoms with Gasteiger partial charge < -0.3 is 62.0 Å². The standard InChI is InChI=1S/5ClH.Hf/h5*1H;/q;;;;;+4/p-5. The van der Waals surface area contributed by atoms with Gasteiger partial charge in [-0.25, -0.2) is 0 Å². The fourth-order valence-corrected chi connectivity index (χ4v) is 0. The Bertz CT molecular complexity index is 3.90. The Morgan fingerprint density at radius 1 is 0.333 bits per heavy atom. The van der Waals surface area contributed by atoms with Crippen LogP contribution in [-0.4, -0.2) is 0 Å². The van der Waals surface area contributed by atoms with Gasteiger partial charge in [-0.05, 0) is 0 Å². The minimum absolute atomic E-state index is 0. The topological polar surface area (TPSA) is 0 Å². The molecule has 0 aromatic rings. The first-order valence-corrected chi connectivity index (χ1v) is 0. The van der Waals surface area contributed by atoms with Crippen LogP contribution in [-0.2, 0) is 25.8 Å². The molecule has 0 bridgehead atoms. The molecule has 0 saturated heterocycles. The maximum absolute atomic E-state index is 0. The molecule has 0 aliphatic heterocycles. The van der Waals surface area contributed by atoms with E-state index in [1.54, 1.807) is 0 Å². The van der Waals surface area contributed by atoms with Gasteiger partial charge in [0.1, 0.15) is 0 Å². The van der Waals surface area contributed by atoms with Crippen molar-refractivity contribution in [3.05, 3.63) is 0 Å². The molecular weight excluding hydrogens is 356 g/mol. The zero-order valence-electron chi connectivity index (χ0n) is 2.39. The average molecular weight is 356 g/mol. The first kappa shape index (κ1) is 82.8. The summed E-state index contributed by atoms with van der Waals surface area (Å²) in [5, 5.41) is 0. The largest absolute Gasteiger partial charge is 4.00 e. The van der Waals surface area contributed by atoms with E-state index in [0.717, 1.165) is 0 Å². The maximum atomic E-state index is 0. The maximum Gasteiger partial charge on any atom is 4.00 e. The van der Waals surface area contributed by atoms with E-state index in [2.05, 4.69) is 0 Å². The first-order valence-electron chi connectivity index (χ1n) is 0. The van der Waals surface area contributed by atoms with E-state index >= 15 is 0 Å². The van der Waals surface area contributed by atoms with Crippen molar-refractivity contribution >= 4 is 0 Å². The summed E-state index contributed by atoms with van der Waals surface area (Å²) in [6, 6.07) is 0. The predicted molar refractivity (Wildman–Crippen MR) is 0 cm³/mol. The molecule has 0 saturated carbocycles. The fraction of sp³-hybridized carbons (Fsp3) is 0. The zero-order chi connectivity index (χ0) is 0. The zero-order valence-corrected chi connectivity index (χ0v) is 9.76. The van der Waals surface area contributed by atoms with Gasteiger partial charge in [-0.3, -0.25) is 0 Å². The Labute approximate surface area is 87.0 Å². The van der Waals surface area contributed by atoms with Crippen LogP contribution in [0.3, 0.4) is 0 Å². The average Bonchev–Trinajstić information content (AvgIpc) is 0. The molecule has 0 amide bonds. The first-order chi connectivity index (χ1) is 0. The van der Waals surface area contributed by atoms with Crippen LogP contribution in [0.4, 0.5) is 0 Å². The monoisotopic (exact) mass is 355 g/mol. The molecular formula is Cl5Hf-. The molecule has 0 nitrogen and oxygen atoms in total. The van der Waals surface area contributed by atoms with Crippen LogP contribution in [0.1, 0.15) is 0 Å².